The lowest BCUT2D eigenvalue weighted by Crippen LogP contribution is -2.32. The molecule has 1 aliphatic rings. The summed E-state index contributed by atoms with van der Waals surface area (Å²) < 4.78 is 2.38. The number of hydrogen-bond donors (Lipinski definition) is 0. The van der Waals surface area contributed by atoms with Crippen molar-refractivity contribution in [3.63, 3.8) is 0 Å². The maximum absolute atomic E-state index is 5.06. The van der Waals surface area contributed by atoms with Gasteiger partial charge in [0.05, 0.1) is 5.69 Å². The highest BCUT2D eigenvalue weighted by Crippen LogP contribution is 2.19. The van der Waals surface area contributed by atoms with E-state index < -0.39 is 0 Å². The number of hydrogen-bond acceptors (Lipinski definition) is 3. The maximum atomic E-state index is 5.06. The molecule has 2 heterocycles. The maximum Gasteiger partial charge on any atom is 0.194 e. The van der Waals surface area contributed by atoms with Gasteiger partial charge in [-0.1, -0.05) is 57.4 Å². The Balaban J connectivity index is 1.64. The Kier molecular flexibility index (Phi) is 8.36. The quantitative estimate of drug-likeness (QED) is 0.357. The average Bonchev–Trinajstić information content (AvgIpc) is 3.23. The number of likely N-dealkylation sites (tertiary alicyclic amines) is 1. The summed E-state index contributed by atoms with van der Waals surface area (Å²) in [7, 11) is 0. The zero-order valence-electron chi connectivity index (χ0n) is 19.7. The lowest BCUT2D eigenvalue weighted by Gasteiger charge is -2.26. The van der Waals surface area contributed by atoms with Crippen LogP contribution in [0, 0.1) is 0 Å². The smallest absolute Gasteiger partial charge is 0.194 e. The summed E-state index contributed by atoms with van der Waals surface area (Å²) in [4.78, 5) is 8.75. The fraction of sp³-hybridized carbons (Fsp3) is 0.464. The molecule has 0 N–H and O–H groups in total. The van der Waals surface area contributed by atoms with E-state index in [9.17, 15) is 0 Å². The summed E-state index contributed by atoms with van der Waals surface area (Å²) in [5.74, 6) is 0. The summed E-state index contributed by atoms with van der Waals surface area (Å²) in [6.45, 7) is 8.09. The van der Waals surface area contributed by atoms with Crippen molar-refractivity contribution in [2.24, 2.45) is 4.99 Å². The van der Waals surface area contributed by atoms with Crippen LogP contribution in [0.15, 0.2) is 58.9 Å². The van der Waals surface area contributed by atoms with E-state index in [1.165, 1.54) is 67.7 Å². The summed E-state index contributed by atoms with van der Waals surface area (Å²) in [6.07, 6.45) is 9.77. The van der Waals surface area contributed by atoms with Crippen LogP contribution in [-0.4, -0.2) is 29.1 Å². The molecule has 170 valence electrons. The van der Waals surface area contributed by atoms with E-state index in [0.717, 1.165) is 36.3 Å². The van der Waals surface area contributed by atoms with Gasteiger partial charge < -0.3 is 4.90 Å². The van der Waals surface area contributed by atoms with Crippen LogP contribution in [0.5, 0.6) is 0 Å². The summed E-state index contributed by atoms with van der Waals surface area (Å²) >= 11 is 1.76. The molecule has 1 aliphatic heterocycles. The van der Waals surface area contributed by atoms with Crippen LogP contribution < -0.4 is 4.80 Å². The third kappa shape index (κ3) is 5.99. The molecule has 4 rings (SSSR count). The van der Waals surface area contributed by atoms with E-state index in [1.807, 2.05) is 0 Å². The van der Waals surface area contributed by atoms with Crippen LogP contribution in [0.1, 0.15) is 62.8 Å². The SMILES string of the molecule is CCCc1ccc(N=c2scc(CCN3CCCCC3)n2-c2ccc(CCC)cc2)cc1. The van der Waals surface area contributed by atoms with Gasteiger partial charge in [-0.3, -0.25) is 4.57 Å². The van der Waals surface area contributed by atoms with E-state index in [2.05, 4.69) is 77.2 Å². The zero-order chi connectivity index (χ0) is 22.2. The second-order valence-corrected chi connectivity index (χ2v) is 9.78. The van der Waals surface area contributed by atoms with Gasteiger partial charge in [-0.25, -0.2) is 4.99 Å². The van der Waals surface area contributed by atoms with Gasteiger partial charge in [-0.15, -0.1) is 11.3 Å². The second-order valence-electron chi connectivity index (χ2n) is 8.94. The van der Waals surface area contributed by atoms with Crippen molar-refractivity contribution in [1.29, 1.82) is 0 Å². The molecule has 0 aliphatic carbocycles. The van der Waals surface area contributed by atoms with Gasteiger partial charge in [0.15, 0.2) is 4.80 Å². The van der Waals surface area contributed by atoms with E-state index in [1.54, 1.807) is 11.3 Å². The van der Waals surface area contributed by atoms with Gasteiger partial charge in [-0.05, 0) is 74.2 Å². The Morgan fingerprint density at radius 2 is 1.41 bits per heavy atom. The van der Waals surface area contributed by atoms with Crippen LogP contribution in [0.2, 0.25) is 0 Å². The average molecular weight is 448 g/mol. The molecule has 0 amide bonds. The molecule has 0 bridgehead atoms. The summed E-state index contributed by atoms with van der Waals surface area (Å²) in [5.41, 5.74) is 6.42. The summed E-state index contributed by atoms with van der Waals surface area (Å²) in [5, 5.41) is 2.31. The fourth-order valence-corrected chi connectivity index (χ4v) is 5.52. The van der Waals surface area contributed by atoms with Crippen LogP contribution in [0.25, 0.3) is 5.69 Å². The van der Waals surface area contributed by atoms with E-state index in [-0.39, 0.29) is 0 Å². The molecule has 3 aromatic rings. The number of aryl methyl sites for hydroxylation is 2. The largest absolute Gasteiger partial charge is 0.303 e. The van der Waals surface area contributed by atoms with Crippen LogP contribution >= 0.6 is 11.3 Å². The first-order chi connectivity index (χ1) is 15.8. The normalized spacial score (nSPS) is 15.4. The Hall–Kier alpha value is -2.17. The van der Waals surface area contributed by atoms with Crippen molar-refractivity contribution in [2.45, 2.75) is 65.2 Å². The van der Waals surface area contributed by atoms with E-state index in [4.69, 9.17) is 4.99 Å². The molecule has 2 aromatic carbocycles. The topological polar surface area (TPSA) is 20.5 Å². The minimum atomic E-state index is 1.03. The van der Waals surface area contributed by atoms with Crippen LogP contribution in [0.4, 0.5) is 5.69 Å². The first-order valence-corrected chi connectivity index (χ1v) is 13.3. The zero-order valence-corrected chi connectivity index (χ0v) is 20.5. The number of rotatable bonds is 9. The van der Waals surface area contributed by atoms with Crippen LogP contribution in [0.3, 0.4) is 0 Å². The molecule has 4 heteroatoms. The van der Waals surface area contributed by atoms with E-state index >= 15 is 0 Å². The van der Waals surface area contributed by atoms with Gasteiger partial charge in [0, 0.05) is 29.7 Å². The second kappa shape index (κ2) is 11.6. The highest BCUT2D eigenvalue weighted by Gasteiger charge is 2.13. The fourth-order valence-electron chi connectivity index (χ4n) is 4.56. The number of piperidine rings is 1. The highest BCUT2D eigenvalue weighted by molar-refractivity contribution is 7.07. The molecule has 32 heavy (non-hydrogen) atoms. The molecule has 1 fully saturated rings. The van der Waals surface area contributed by atoms with Crippen molar-refractivity contribution in [3.05, 3.63) is 75.5 Å². The number of nitrogens with zero attached hydrogens (tertiary/aromatic N) is 3. The van der Waals surface area contributed by atoms with Crippen LogP contribution in [-0.2, 0) is 19.3 Å². The van der Waals surface area contributed by atoms with Crippen molar-refractivity contribution in [1.82, 2.24) is 9.47 Å². The molecule has 0 unspecified atom stereocenters. The molecular formula is C28H37N3S. The van der Waals surface area contributed by atoms with Gasteiger partial charge in [0.2, 0.25) is 0 Å². The Morgan fingerprint density at radius 3 is 2.03 bits per heavy atom. The van der Waals surface area contributed by atoms with Crippen molar-refractivity contribution < 1.29 is 0 Å². The summed E-state index contributed by atoms with van der Waals surface area (Å²) in [6, 6.07) is 17.9. The van der Waals surface area contributed by atoms with Crippen molar-refractivity contribution in [3.8, 4) is 5.69 Å². The molecule has 0 spiro atoms. The molecular weight excluding hydrogens is 410 g/mol. The molecule has 0 atom stereocenters. The number of benzene rings is 2. The minimum absolute atomic E-state index is 1.03. The Bertz CT molecular complexity index is 1020. The monoisotopic (exact) mass is 447 g/mol. The first kappa shape index (κ1) is 23.0. The molecule has 1 saturated heterocycles. The van der Waals surface area contributed by atoms with E-state index in [0.29, 0.717) is 0 Å². The minimum Gasteiger partial charge on any atom is -0.303 e. The van der Waals surface area contributed by atoms with Crippen molar-refractivity contribution in [2.75, 3.05) is 19.6 Å². The number of thiazole rings is 1. The first-order valence-electron chi connectivity index (χ1n) is 12.4. The Labute approximate surface area is 197 Å². The van der Waals surface area contributed by atoms with Gasteiger partial charge >= 0.3 is 0 Å². The molecule has 0 radical (unpaired) electrons. The van der Waals surface area contributed by atoms with Gasteiger partial charge in [0.25, 0.3) is 0 Å². The van der Waals surface area contributed by atoms with Gasteiger partial charge in [0.1, 0.15) is 0 Å². The molecule has 1 aromatic heterocycles. The van der Waals surface area contributed by atoms with Gasteiger partial charge in [-0.2, -0.15) is 0 Å². The molecule has 3 nitrogen and oxygen atoms in total. The lowest BCUT2D eigenvalue weighted by molar-refractivity contribution is 0.230. The predicted molar refractivity (Wildman–Crippen MR) is 137 cm³/mol. The third-order valence-electron chi connectivity index (χ3n) is 6.34. The third-order valence-corrected chi connectivity index (χ3v) is 7.22. The number of aromatic nitrogens is 1. The van der Waals surface area contributed by atoms with Crippen molar-refractivity contribution >= 4 is 17.0 Å². The highest BCUT2D eigenvalue weighted by atomic mass is 32.1. The lowest BCUT2D eigenvalue weighted by atomic mass is 10.1. The Morgan fingerprint density at radius 1 is 0.781 bits per heavy atom. The standard InChI is InChI=1S/C28H37N3S/c1-3-8-23-10-14-25(15-11-23)29-28-31(26-16-12-24(9-4-2)13-17-26)27(22-32-28)18-21-30-19-6-5-7-20-30/h10-17,22H,3-9,18-21H2,1-2H3. The predicted octanol–water partition coefficient (Wildman–Crippen LogP) is 6.70. The molecule has 0 saturated carbocycles.